The van der Waals surface area contributed by atoms with E-state index in [0.717, 1.165) is 19.6 Å². The maximum atomic E-state index is 11.5. The van der Waals surface area contributed by atoms with E-state index in [4.69, 9.17) is 0 Å². The molecule has 14 heavy (non-hydrogen) atoms. The lowest BCUT2D eigenvalue weighted by Gasteiger charge is -2.19. The SMILES string of the molecule is CCN(CC)C(=O)CNCC(C)SC. The lowest BCUT2D eigenvalue weighted by atomic mass is 10.4. The Hall–Kier alpha value is -0.220. The maximum absolute atomic E-state index is 11.5. The minimum atomic E-state index is 0.198. The summed E-state index contributed by atoms with van der Waals surface area (Å²) in [6.45, 7) is 9.13. The molecule has 0 saturated heterocycles. The second-order valence-corrected chi connectivity index (χ2v) is 4.52. The molecule has 0 aromatic heterocycles. The first-order valence-corrected chi connectivity index (χ1v) is 6.45. The van der Waals surface area contributed by atoms with Crippen molar-refractivity contribution in [2.24, 2.45) is 0 Å². The van der Waals surface area contributed by atoms with E-state index in [9.17, 15) is 4.79 Å². The smallest absolute Gasteiger partial charge is 0.236 e. The van der Waals surface area contributed by atoms with Crippen molar-refractivity contribution in [3.05, 3.63) is 0 Å². The zero-order chi connectivity index (χ0) is 11.0. The van der Waals surface area contributed by atoms with E-state index in [-0.39, 0.29) is 5.91 Å². The normalized spacial score (nSPS) is 12.6. The van der Waals surface area contributed by atoms with Crippen molar-refractivity contribution in [3.63, 3.8) is 0 Å². The van der Waals surface area contributed by atoms with Gasteiger partial charge >= 0.3 is 0 Å². The minimum absolute atomic E-state index is 0.198. The van der Waals surface area contributed by atoms with Gasteiger partial charge in [0.2, 0.25) is 5.91 Å². The van der Waals surface area contributed by atoms with E-state index in [1.54, 1.807) is 0 Å². The summed E-state index contributed by atoms with van der Waals surface area (Å²) in [5.41, 5.74) is 0. The van der Waals surface area contributed by atoms with Gasteiger partial charge in [-0.05, 0) is 20.1 Å². The van der Waals surface area contributed by atoms with Crippen molar-refractivity contribution in [1.29, 1.82) is 0 Å². The molecule has 1 N–H and O–H groups in total. The molecule has 0 bridgehead atoms. The van der Waals surface area contributed by atoms with Crippen LogP contribution in [-0.4, -0.2) is 48.5 Å². The number of rotatable bonds is 7. The monoisotopic (exact) mass is 218 g/mol. The van der Waals surface area contributed by atoms with Crippen LogP contribution in [-0.2, 0) is 4.79 Å². The van der Waals surface area contributed by atoms with Gasteiger partial charge in [0.05, 0.1) is 6.54 Å². The highest BCUT2D eigenvalue weighted by Crippen LogP contribution is 2.02. The van der Waals surface area contributed by atoms with Crippen LogP contribution < -0.4 is 5.32 Å². The van der Waals surface area contributed by atoms with Crippen LogP contribution in [0, 0.1) is 0 Å². The average Bonchev–Trinajstić information content (AvgIpc) is 2.19. The Morgan fingerprint density at radius 2 is 2.00 bits per heavy atom. The van der Waals surface area contributed by atoms with E-state index < -0.39 is 0 Å². The molecule has 3 nitrogen and oxygen atoms in total. The van der Waals surface area contributed by atoms with E-state index >= 15 is 0 Å². The van der Waals surface area contributed by atoms with Crippen LogP contribution in [0.5, 0.6) is 0 Å². The van der Waals surface area contributed by atoms with Crippen molar-refractivity contribution in [1.82, 2.24) is 10.2 Å². The molecule has 0 radical (unpaired) electrons. The molecule has 0 aliphatic carbocycles. The Morgan fingerprint density at radius 1 is 1.43 bits per heavy atom. The van der Waals surface area contributed by atoms with Gasteiger partial charge in [0.25, 0.3) is 0 Å². The molecule has 0 aliphatic heterocycles. The molecule has 0 spiro atoms. The summed E-state index contributed by atoms with van der Waals surface area (Å²) in [6.07, 6.45) is 2.08. The lowest BCUT2D eigenvalue weighted by Crippen LogP contribution is -2.39. The van der Waals surface area contributed by atoms with Gasteiger partial charge in [-0.15, -0.1) is 0 Å². The lowest BCUT2D eigenvalue weighted by molar-refractivity contribution is -0.129. The maximum Gasteiger partial charge on any atom is 0.236 e. The Balaban J connectivity index is 3.62. The third-order valence-electron chi connectivity index (χ3n) is 2.23. The Labute approximate surface area is 91.6 Å². The highest BCUT2D eigenvalue weighted by molar-refractivity contribution is 7.99. The summed E-state index contributed by atoms with van der Waals surface area (Å²) >= 11 is 1.81. The summed E-state index contributed by atoms with van der Waals surface area (Å²) in [5.74, 6) is 0.198. The van der Waals surface area contributed by atoms with Gasteiger partial charge in [-0.1, -0.05) is 6.92 Å². The number of thioether (sulfide) groups is 1. The largest absolute Gasteiger partial charge is 0.342 e. The van der Waals surface area contributed by atoms with Crippen LogP contribution in [0.2, 0.25) is 0 Å². The fourth-order valence-electron chi connectivity index (χ4n) is 1.15. The third kappa shape index (κ3) is 5.50. The number of likely N-dealkylation sites (N-methyl/N-ethyl adjacent to an activating group) is 1. The fraction of sp³-hybridized carbons (Fsp3) is 0.900. The summed E-state index contributed by atoms with van der Waals surface area (Å²) in [5, 5.41) is 3.74. The third-order valence-corrected chi connectivity index (χ3v) is 3.20. The summed E-state index contributed by atoms with van der Waals surface area (Å²) in [7, 11) is 0. The number of carbonyl (C=O) groups excluding carboxylic acids is 1. The zero-order valence-electron chi connectivity index (χ0n) is 9.67. The van der Waals surface area contributed by atoms with Crippen LogP contribution in [0.25, 0.3) is 0 Å². The molecule has 0 aromatic carbocycles. The summed E-state index contributed by atoms with van der Waals surface area (Å²) < 4.78 is 0. The van der Waals surface area contributed by atoms with Crippen LogP contribution in [0.15, 0.2) is 0 Å². The second-order valence-electron chi connectivity index (χ2n) is 3.24. The summed E-state index contributed by atoms with van der Waals surface area (Å²) in [6, 6.07) is 0. The standard InChI is InChI=1S/C10H22N2OS/c1-5-12(6-2)10(13)8-11-7-9(3)14-4/h9,11H,5-8H2,1-4H3. The van der Waals surface area contributed by atoms with Crippen LogP contribution in [0.4, 0.5) is 0 Å². The van der Waals surface area contributed by atoms with Crippen LogP contribution in [0.1, 0.15) is 20.8 Å². The van der Waals surface area contributed by atoms with Crippen LogP contribution >= 0.6 is 11.8 Å². The molecule has 4 heteroatoms. The topological polar surface area (TPSA) is 32.3 Å². The molecule has 0 heterocycles. The Morgan fingerprint density at radius 3 is 2.43 bits per heavy atom. The van der Waals surface area contributed by atoms with E-state index in [1.165, 1.54) is 0 Å². The van der Waals surface area contributed by atoms with E-state index in [0.29, 0.717) is 11.8 Å². The van der Waals surface area contributed by atoms with Crippen molar-refractivity contribution in [3.8, 4) is 0 Å². The van der Waals surface area contributed by atoms with Crippen LogP contribution in [0.3, 0.4) is 0 Å². The van der Waals surface area contributed by atoms with Crippen molar-refractivity contribution in [2.45, 2.75) is 26.0 Å². The summed E-state index contributed by atoms with van der Waals surface area (Å²) in [4.78, 5) is 13.4. The number of nitrogens with zero attached hydrogens (tertiary/aromatic N) is 1. The molecule has 0 aliphatic rings. The molecule has 0 fully saturated rings. The van der Waals surface area contributed by atoms with Crippen molar-refractivity contribution >= 4 is 17.7 Å². The molecule has 0 saturated carbocycles. The van der Waals surface area contributed by atoms with Gasteiger partial charge in [-0.2, -0.15) is 11.8 Å². The molecular formula is C10H22N2OS. The quantitative estimate of drug-likeness (QED) is 0.697. The number of amides is 1. The van der Waals surface area contributed by atoms with E-state index in [1.807, 2.05) is 30.5 Å². The predicted molar refractivity (Wildman–Crippen MR) is 63.8 cm³/mol. The zero-order valence-corrected chi connectivity index (χ0v) is 10.5. The van der Waals surface area contributed by atoms with Gasteiger partial charge in [-0.3, -0.25) is 4.79 Å². The Kier molecular flexibility index (Phi) is 7.99. The van der Waals surface area contributed by atoms with Crippen molar-refractivity contribution < 1.29 is 4.79 Å². The van der Waals surface area contributed by atoms with Gasteiger partial charge in [0.15, 0.2) is 0 Å². The number of carbonyl (C=O) groups is 1. The molecular weight excluding hydrogens is 196 g/mol. The number of hydrogen-bond donors (Lipinski definition) is 1. The van der Waals surface area contributed by atoms with Gasteiger partial charge in [-0.25, -0.2) is 0 Å². The fourth-order valence-corrected chi connectivity index (χ4v) is 1.44. The van der Waals surface area contributed by atoms with Gasteiger partial charge < -0.3 is 10.2 Å². The number of hydrogen-bond acceptors (Lipinski definition) is 3. The molecule has 1 amide bonds. The first-order valence-electron chi connectivity index (χ1n) is 5.16. The molecule has 0 aromatic rings. The first kappa shape index (κ1) is 13.8. The predicted octanol–water partition coefficient (Wildman–Crippen LogP) is 1.20. The molecule has 1 unspecified atom stereocenters. The molecule has 84 valence electrons. The average molecular weight is 218 g/mol. The molecule has 0 rings (SSSR count). The van der Waals surface area contributed by atoms with Gasteiger partial charge in [0, 0.05) is 24.9 Å². The second kappa shape index (κ2) is 8.12. The number of nitrogens with one attached hydrogen (secondary N) is 1. The van der Waals surface area contributed by atoms with Crippen molar-refractivity contribution in [2.75, 3.05) is 32.4 Å². The molecule has 1 atom stereocenters. The van der Waals surface area contributed by atoms with E-state index in [2.05, 4.69) is 18.5 Å². The van der Waals surface area contributed by atoms with Gasteiger partial charge in [0.1, 0.15) is 0 Å². The highest BCUT2D eigenvalue weighted by atomic mass is 32.2. The first-order chi connectivity index (χ1) is 6.65. The highest BCUT2D eigenvalue weighted by Gasteiger charge is 2.08. The Bertz CT molecular complexity index is 160. The minimum Gasteiger partial charge on any atom is -0.342 e.